The van der Waals surface area contributed by atoms with Crippen LogP contribution in [0.1, 0.15) is 28.4 Å². The van der Waals surface area contributed by atoms with Gasteiger partial charge in [0.05, 0.1) is 10.2 Å². The third kappa shape index (κ3) is 8.60. The second-order valence-electron chi connectivity index (χ2n) is 9.42. The van der Waals surface area contributed by atoms with Crippen LogP contribution in [-0.2, 0) is 9.59 Å². The molecule has 4 rings (SSSR count). The van der Waals surface area contributed by atoms with Crippen molar-refractivity contribution in [3.8, 4) is 0 Å². The predicted octanol–water partition coefficient (Wildman–Crippen LogP) is 6.57. The number of nitro benzene ring substituents is 1. The molecule has 218 valence electrons. The second-order valence-corrected chi connectivity index (χ2v) is 10.8. The highest BCUT2D eigenvalue weighted by Gasteiger charge is 2.18. The molecule has 0 aliphatic carbocycles. The summed E-state index contributed by atoms with van der Waals surface area (Å²) in [5.41, 5.74) is 2.21. The molecule has 0 saturated heterocycles. The zero-order valence-corrected chi connectivity index (χ0v) is 24.0. The molecule has 0 aliphatic heterocycles. The van der Waals surface area contributed by atoms with Crippen LogP contribution in [0.3, 0.4) is 0 Å². The van der Waals surface area contributed by atoms with E-state index in [-0.39, 0.29) is 17.3 Å². The van der Waals surface area contributed by atoms with Gasteiger partial charge in [0.25, 0.3) is 17.5 Å². The van der Waals surface area contributed by atoms with Crippen molar-refractivity contribution < 1.29 is 23.7 Å². The number of carbonyl (C=O) groups excluding carboxylic acids is 3. The van der Waals surface area contributed by atoms with E-state index in [9.17, 15) is 28.9 Å². The summed E-state index contributed by atoms with van der Waals surface area (Å²) in [6.45, 7) is 3.39. The molecule has 0 radical (unpaired) electrons. The fourth-order valence-corrected chi connectivity index (χ4v) is 4.83. The van der Waals surface area contributed by atoms with E-state index in [1.807, 2.05) is 0 Å². The fourth-order valence-electron chi connectivity index (χ4n) is 3.91. The Bertz CT molecular complexity index is 1690. The number of nitrogens with one attached hydrogen (secondary N) is 3. The quantitative estimate of drug-likeness (QED) is 0.0819. The number of thioether (sulfide) groups is 1. The lowest BCUT2D eigenvalue weighted by Crippen LogP contribution is -2.30. The molecule has 0 bridgehead atoms. The number of benzene rings is 4. The molecule has 0 spiro atoms. The molecule has 4 aromatic carbocycles. The predicted molar refractivity (Wildman–Crippen MR) is 165 cm³/mol. The Kier molecular flexibility index (Phi) is 10.0. The zero-order valence-electron chi connectivity index (χ0n) is 23.2. The first kappa shape index (κ1) is 30.7. The van der Waals surface area contributed by atoms with Gasteiger partial charge in [0.2, 0.25) is 5.91 Å². The highest BCUT2D eigenvalue weighted by Crippen LogP contribution is 2.28. The van der Waals surface area contributed by atoms with Gasteiger partial charge in [-0.3, -0.25) is 24.5 Å². The van der Waals surface area contributed by atoms with Crippen LogP contribution in [0.15, 0.2) is 108 Å². The van der Waals surface area contributed by atoms with Gasteiger partial charge in [-0.15, -0.1) is 11.8 Å². The van der Waals surface area contributed by atoms with E-state index in [4.69, 9.17) is 0 Å². The molecule has 0 fully saturated rings. The third-order valence-corrected chi connectivity index (χ3v) is 7.26. The van der Waals surface area contributed by atoms with Gasteiger partial charge in [0.15, 0.2) is 0 Å². The first-order valence-electron chi connectivity index (χ1n) is 13.1. The molecular weight excluding hydrogens is 571 g/mol. The van der Waals surface area contributed by atoms with Crippen LogP contribution in [0.5, 0.6) is 0 Å². The topological polar surface area (TPSA) is 130 Å². The summed E-state index contributed by atoms with van der Waals surface area (Å²) >= 11 is 1.25. The Morgan fingerprint density at radius 1 is 0.907 bits per heavy atom. The smallest absolute Gasteiger partial charge is 0.272 e. The Hall–Kier alpha value is -5.29. The maximum Gasteiger partial charge on any atom is 0.272 e. The first-order chi connectivity index (χ1) is 20.6. The molecule has 43 heavy (non-hydrogen) atoms. The number of aryl methyl sites for hydroxylation is 1. The number of carbonyl (C=O) groups is 3. The molecule has 0 aromatic heterocycles. The van der Waals surface area contributed by atoms with Gasteiger partial charge in [-0.05, 0) is 79.6 Å². The lowest BCUT2D eigenvalue weighted by Gasteiger charge is -2.15. The van der Waals surface area contributed by atoms with Gasteiger partial charge < -0.3 is 16.0 Å². The summed E-state index contributed by atoms with van der Waals surface area (Å²) in [5, 5.41) is 18.6. The fraction of sp³-hybridized carbons (Fsp3) is 0.0938. The van der Waals surface area contributed by atoms with Crippen LogP contribution in [0, 0.1) is 22.9 Å². The molecule has 1 unspecified atom stereocenters. The number of hydrogen-bond donors (Lipinski definition) is 3. The molecule has 0 aliphatic rings. The van der Waals surface area contributed by atoms with Gasteiger partial charge in [-0.2, -0.15) is 0 Å². The highest BCUT2D eigenvalue weighted by atomic mass is 32.2. The first-order valence-corrected chi connectivity index (χ1v) is 13.9. The minimum absolute atomic E-state index is 0.0512. The van der Waals surface area contributed by atoms with Crippen molar-refractivity contribution in [1.29, 1.82) is 0 Å². The largest absolute Gasteiger partial charge is 0.325 e. The van der Waals surface area contributed by atoms with Crippen LogP contribution in [-0.4, -0.2) is 27.9 Å². The Balaban J connectivity index is 1.46. The van der Waals surface area contributed by atoms with Gasteiger partial charge in [0, 0.05) is 34.0 Å². The van der Waals surface area contributed by atoms with E-state index in [1.54, 1.807) is 68.4 Å². The number of rotatable bonds is 10. The summed E-state index contributed by atoms with van der Waals surface area (Å²) in [4.78, 5) is 50.2. The van der Waals surface area contributed by atoms with Crippen molar-refractivity contribution in [2.45, 2.75) is 24.0 Å². The standard InChI is InChI=1S/C32H27FN4O5S/c1-20-17-26(37(41)42)15-16-28(20)35-30(38)21(2)43-27-10-6-9-25(19-27)34-32(40)29(18-22-11-13-24(33)14-12-22)36-31(39)23-7-4-3-5-8-23/h3-19,21H,1-2H3,(H,34,40)(H,35,38)(H,36,39)/b29-18-. The van der Waals surface area contributed by atoms with Gasteiger partial charge in [-0.1, -0.05) is 36.4 Å². The maximum atomic E-state index is 13.4. The Morgan fingerprint density at radius 2 is 1.63 bits per heavy atom. The van der Waals surface area contributed by atoms with Gasteiger partial charge in [0.1, 0.15) is 11.5 Å². The lowest BCUT2D eigenvalue weighted by atomic mass is 10.1. The number of non-ortho nitro benzene ring substituents is 1. The van der Waals surface area contributed by atoms with Crippen LogP contribution in [0.2, 0.25) is 0 Å². The minimum atomic E-state index is -0.602. The number of amides is 3. The normalized spacial score (nSPS) is 11.7. The van der Waals surface area contributed by atoms with Crippen LogP contribution < -0.4 is 16.0 Å². The Labute approximate surface area is 251 Å². The average molecular weight is 599 g/mol. The molecule has 3 N–H and O–H groups in total. The van der Waals surface area contributed by atoms with Crippen molar-refractivity contribution in [1.82, 2.24) is 5.32 Å². The van der Waals surface area contributed by atoms with E-state index in [0.29, 0.717) is 33.0 Å². The van der Waals surface area contributed by atoms with Crippen LogP contribution in [0.4, 0.5) is 21.5 Å². The van der Waals surface area contributed by atoms with Gasteiger partial charge in [-0.25, -0.2) is 4.39 Å². The highest BCUT2D eigenvalue weighted by molar-refractivity contribution is 8.00. The van der Waals surface area contributed by atoms with Crippen molar-refractivity contribution in [3.05, 3.63) is 135 Å². The second kappa shape index (κ2) is 14.1. The molecular formula is C32H27FN4O5S. The van der Waals surface area contributed by atoms with E-state index in [2.05, 4.69) is 16.0 Å². The van der Waals surface area contributed by atoms with Crippen molar-refractivity contribution in [2.75, 3.05) is 10.6 Å². The Morgan fingerprint density at radius 3 is 2.30 bits per heavy atom. The molecule has 0 heterocycles. The SMILES string of the molecule is Cc1cc([N+](=O)[O-])ccc1NC(=O)C(C)Sc1cccc(NC(=O)/C(=C/c2ccc(F)cc2)NC(=O)c2ccccc2)c1. The molecule has 9 nitrogen and oxygen atoms in total. The molecule has 3 amide bonds. The molecule has 0 saturated carbocycles. The van der Waals surface area contributed by atoms with E-state index < -0.39 is 27.8 Å². The minimum Gasteiger partial charge on any atom is -0.325 e. The van der Waals surface area contributed by atoms with Gasteiger partial charge >= 0.3 is 0 Å². The monoisotopic (exact) mass is 598 g/mol. The summed E-state index contributed by atoms with van der Waals surface area (Å²) in [6.07, 6.45) is 1.45. The zero-order chi connectivity index (χ0) is 30.9. The van der Waals surface area contributed by atoms with Crippen LogP contribution >= 0.6 is 11.8 Å². The number of anilines is 2. The number of nitrogens with zero attached hydrogens (tertiary/aromatic N) is 1. The molecule has 11 heteroatoms. The van der Waals surface area contributed by atoms with Crippen LogP contribution in [0.25, 0.3) is 6.08 Å². The number of hydrogen-bond acceptors (Lipinski definition) is 6. The van der Waals surface area contributed by atoms with E-state index in [1.165, 1.54) is 60.3 Å². The number of nitro groups is 1. The molecule has 1 atom stereocenters. The number of halogens is 1. The maximum absolute atomic E-state index is 13.4. The lowest BCUT2D eigenvalue weighted by molar-refractivity contribution is -0.384. The summed E-state index contributed by atoms with van der Waals surface area (Å²) in [6, 6.07) is 25.0. The summed E-state index contributed by atoms with van der Waals surface area (Å²) in [7, 11) is 0. The van der Waals surface area contributed by atoms with E-state index >= 15 is 0 Å². The summed E-state index contributed by atoms with van der Waals surface area (Å²) in [5.74, 6) is -1.83. The third-order valence-electron chi connectivity index (χ3n) is 6.16. The van der Waals surface area contributed by atoms with Crippen molar-refractivity contribution >= 4 is 52.6 Å². The molecule has 4 aromatic rings. The summed E-state index contributed by atoms with van der Waals surface area (Å²) < 4.78 is 13.4. The average Bonchev–Trinajstić information content (AvgIpc) is 2.99. The van der Waals surface area contributed by atoms with E-state index in [0.717, 1.165) is 0 Å². The van der Waals surface area contributed by atoms with Crippen molar-refractivity contribution in [3.63, 3.8) is 0 Å². The van der Waals surface area contributed by atoms with Crippen molar-refractivity contribution in [2.24, 2.45) is 0 Å².